The summed E-state index contributed by atoms with van der Waals surface area (Å²) >= 11 is 0. The zero-order valence-electron chi connectivity index (χ0n) is 9.64. The van der Waals surface area contributed by atoms with Gasteiger partial charge in [-0.15, -0.1) is 0 Å². The van der Waals surface area contributed by atoms with Crippen LogP contribution >= 0.6 is 0 Å². The smallest absolute Gasteiger partial charge is 0.181 e. The van der Waals surface area contributed by atoms with Crippen LogP contribution in [0.4, 0.5) is 0 Å². The molecule has 0 saturated heterocycles. The van der Waals surface area contributed by atoms with Crippen LogP contribution in [-0.2, 0) is 16.3 Å². The number of hydrogen-bond acceptors (Lipinski definition) is 4. The first-order chi connectivity index (χ1) is 8.00. The van der Waals surface area contributed by atoms with Crippen LogP contribution in [0.15, 0.2) is 29.2 Å². The Labute approximate surface area is 99.8 Å². The summed E-state index contributed by atoms with van der Waals surface area (Å²) in [7, 11) is -3.20. The summed E-state index contributed by atoms with van der Waals surface area (Å²) in [4.78, 5) is 4.54. The number of sulfone groups is 1. The maximum Gasteiger partial charge on any atom is 0.181 e. The molecule has 1 aromatic heterocycles. The lowest BCUT2D eigenvalue weighted by molar-refractivity contribution is 0.602. The molecule has 0 fully saturated rings. The van der Waals surface area contributed by atoms with E-state index in [2.05, 4.69) is 15.2 Å². The highest BCUT2D eigenvalue weighted by atomic mass is 32.2. The molecule has 17 heavy (non-hydrogen) atoms. The number of hydrogen-bond donors (Lipinski definition) is 1. The fraction of sp³-hybridized carbons (Fsp3) is 0.273. The van der Waals surface area contributed by atoms with Crippen molar-refractivity contribution in [2.24, 2.45) is 0 Å². The second-order valence-corrected chi connectivity index (χ2v) is 5.77. The standard InChI is InChI=1S/C11H13N3O2S/c1-3-10-12-11(14-13-10)8-5-4-6-9(7-8)17(2,15)16/h4-7H,3H2,1-2H3,(H,12,13,14). The highest BCUT2D eigenvalue weighted by molar-refractivity contribution is 7.90. The van der Waals surface area contributed by atoms with Crippen molar-refractivity contribution in [1.29, 1.82) is 0 Å². The van der Waals surface area contributed by atoms with Crippen molar-refractivity contribution >= 4 is 9.84 Å². The van der Waals surface area contributed by atoms with E-state index in [0.29, 0.717) is 11.4 Å². The summed E-state index contributed by atoms with van der Waals surface area (Å²) in [5.74, 6) is 1.30. The number of nitrogens with zero attached hydrogens (tertiary/aromatic N) is 2. The third kappa shape index (κ3) is 2.52. The van der Waals surface area contributed by atoms with Gasteiger partial charge in [0, 0.05) is 18.2 Å². The highest BCUT2D eigenvalue weighted by Gasteiger charge is 2.10. The Morgan fingerprint density at radius 3 is 2.71 bits per heavy atom. The minimum atomic E-state index is -3.20. The van der Waals surface area contributed by atoms with Gasteiger partial charge in [-0.05, 0) is 12.1 Å². The van der Waals surface area contributed by atoms with E-state index in [9.17, 15) is 8.42 Å². The molecule has 1 N–H and O–H groups in total. The highest BCUT2D eigenvalue weighted by Crippen LogP contribution is 2.19. The lowest BCUT2D eigenvalue weighted by Gasteiger charge is -1.99. The average Bonchev–Trinajstić information content (AvgIpc) is 2.76. The second-order valence-electron chi connectivity index (χ2n) is 3.76. The number of aryl methyl sites for hydroxylation is 1. The summed E-state index contributed by atoms with van der Waals surface area (Å²) in [6, 6.07) is 6.62. The Bertz CT molecular complexity index is 632. The molecule has 0 aliphatic carbocycles. The molecule has 0 aliphatic heterocycles. The van der Waals surface area contributed by atoms with Crippen LogP contribution < -0.4 is 0 Å². The Morgan fingerprint density at radius 1 is 1.35 bits per heavy atom. The quantitative estimate of drug-likeness (QED) is 0.895. The van der Waals surface area contributed by atoms with Crippen molar-refractivity contribution < 1.29 is 8.42 Å². The molecule has 0 aliphatic rings. The maximum absolute atomic E-state index is 11.4. The zero-order valence-corrected chi connectivity index (χ0v) is 10.5. The molecule has 5 nitrogen and oxygen atoms in total. The van der Waals surface area contributed by atoms with Gasteiger partial charge < -0.3 is 0 Å². The number of rotatable bonds is 3. The summed E-state index contributed by atoms with van der Waals surface area (Å²) < 4.78 is 22.9. The lowest BCUT2D eigenvalue weighted by atomic mass is 10.2. The van der Waals surface area contributed by atoms with E-state index in [0.717, 1.165) is 12.2 Å². The average molecular weight is 251 g/mol. The van der Waals surface area contributed by atoms with Gasteiger partial charge in [-0.3, -0.25) is 5.10 Å². The zero-order chi connectivity index (χ0) is 12.5. The van der Waals surface area contributed by atoms with Crippen LogP contribution in [0.5, 0.6) is 0 Å². The summed E-state index contributed by atoms with van der Waals surface area (Å²) in [6.45, 7) is 1.97. The van der Waals surface area contributed by atoms with Gasteiger partial charge in [-0.2, -0.15) is 5.10 Å². The summed E-state index contributed by atoms with van der Waals surface area (Å²) in [6.07, 6.45) is 1.94. The largest absolute Gasteiger partial charge is 0.263 e. The Hall–Kier alpha value is -1.69. The van der Waals surface area contributed by atoms with Crippen molar-refractivity contribution in [2.45, 2.75) is 18.2 Å². The maximum atomic E-state index is 11.4. The van der Waals surface area contributed by atoms with Crippen LogP contribution in [0.25, 0.3) is 11.4 Å². The predicted molar refractivity (Wildman–Crippen MR) is 64.3 cm³/mol. The van der Waals surface area contributed by atoms with Crippen molar-refractivity contribution in [3.8, 4) is 11.4 Å². The van der Waals surface area contributed by atoms with Gasteiger partial charge in [-0.25, -0.2) is 13.4 Å². The minimum Gasteiger partial charge on any atom is -0.263 e. The van der Waals surface area contributed by atoms with Gasteiger partial charge in [0.15, 0.2) is 15.7 Å². The molecule has 90 valence electrons. The Morgan fingerprint density at radius 2 is 2.12 bits per heavy atom. The number of nitrogens with one attached hydrogen (secondary N) is 1. The second kappa shape index (κ2) is 4.29. The lowest BCUT2D eigenvalue weighted by Crippen LogP contribution is -1.97. The molecule has 0 amide bonds. The van der Waals surface area contributed by atoms with Crippen LogP contribution in [-0.4, -0.2) is 29.9 Å². The van der Waals surface area contributed by atoms with Crippen molar-refractivity contribution in [3.05, 3.63) is 30.1 Å². The Kier molecular flexibility index (Phi) is 2.97. The first-order valence-corrected chi connectivity index (χ1v) is 7.11. The monoisotopic (exact) mass is 251 g/mol. The van der Waals surface area contributed by atoms with E-state index in [4.69, 9.17) is 0 Å². The van der Waals surface area contributed by atoms with Crippen molar-refractivity contribution in [2.75, 3.05) is 6.26 Å². The van der Waals surface area contributed by atoms with E-state index in [-0.39, 0.29) is 4.90 Å². The van der Waals surface area contributed by atoms with Gasteiger partial charge in [0.2, 0.25) is 0 Å². The molecule has 0 atom stereocenters. The molecule has 2 aromatic rings. The van der Waals surface area contributed by atoms with Gasteiger partial charge in [-0.1, -0.05) is 19.1 Å². The number of H-pyrrole nitrogens is 1. The molecule has 6 heteroatoms. The molecule has 0 unspecified atom stereocenters. The fourth-order valence-electron chi connectivity index (χ4n) is 1.45. The summed E-state index contributed by atoms with van der Waals surface area (Å²) in [5, 5.41) is 6.85. The normalized spacial score (nSPS) is 11.6. The third-order valence-corrected chi connectivity index (χ3v) is 3.50. The fourth-order valence-corrected chi connectivity index (χ4v) is 2.12. The molecule has 0 saturated carbocycles. The molecular weight excluding hydrogens is 238 g/mol. The third-order valence-electron chi connectivity index (χ3n) is 2.39. The van der Waals surface area contributed by atoms with E-state index >= 15 is 0 Å². The van der Waals surface area contributed by atoms with Crippen LogP contribution in [0, 0.1) is 0 Å². The molecule has 1 heterocycles. The van der Waals surface area contributed by atoms with Crippen LogP contribution in [0.1, 0.15) is 12.7 Å². The topological polar surface area (TPSA) is 75.7 Å². The van der Waals surface area contributed by atoms with E-state index in [1.807, 2.05) is 6.92 Å². The number of aromatic amines is 1. The minimum absolute atomic E-state index is 0.276. The number of benzene rings is 1. The molecule has 2 rings (SSSR count). The molecule has 1 aromatic carbocycles. The van der Waals surface area contributed by atoms with Crippen LogP contribution in [0.3, 0.4) is 0 Å². The molecular formula is C11H13N3O2S. The Balaban J connectivity index is 2.46. The van der Waals surface area contributed by atoms with Gasteiger partial charge in [0.05, 0.1) is 4.90 Å². The SMILES string of the molecule is CCc1nc(-c2cccc(S(C)(=O)=O)c2)n[nH]1. The molecule has 0 radical (unpaired) electrons. The first-order valence-electron chi connectivity index (χ1n) is 5.22. The van der Waals surface area contributed by atoms with Gasteiger partial charge >= 0.3 is 0 Å². The van der Waals surface area contributed by atoms with E-state index in [1.54, 1.807) is 24.3 Å². The predicted octanol–water partition coefficient (Wildman–Crippen LogP) is 1.44. The molecule has 0 spiro atoms. The van der Waals surface area contributed by atoms with Crippen LogP contribution in [0.2, 0.25) is 0 Å². The van der Waals surface area contributed by atoms with E-state index in [1.165, 1.54) is 6.26 Å². The van der Waals surface area contributed by atoms with Gasteiger partial charge in [0.1, 0.15) is 5.82 Å². The first kappa shape index (κ1) is 11.8. The number of aromatic nitrogens is 3. The van der Waals surface area contributed by atoms with Crippen molar-refractivity contribution in [1.82, 2.24) is 15.2 Å². The van der Waals surface area contributed by atoms with E-state index < -0.39 is 9.84 Å². The molecule has 0 bridgehead atoms. The van der Waals surface area contributed by atoms with Crippen molar-refractivity contribution in [3.63, 3.8) is 0 Å². The van der Waals surface area contributed by atoms with Gasteiger partial charge in [0.25, 0.3) is 0 Å². The summed E-state index contributed by atoms with van der Waals surface area (Å²) in [5.41, 5.74) is 0.698.